The molecule has 0 saturated heterocycles. The third-order valence-corrected chi connectivity index (χ3v) is 5.71. The Morgan fingerprint density at radius 3 is 2.75 bits per heavy atom. The number of rotatable bonds is 5. The van der Waals surface area contributed by atoms with E-state index in [-0.39, 0.29) is 6.61 Å². The highest BCUT2D eigenvalue weighted by Gasteiger charge is 2.25. The number of hydrogen-bond acceptors (Lipinski definition) is 3. The summed E-state index contributed by atoms with van der Waals surface area (Å²) in [6.45, 7) is 0.449. The van der Waals surface area contributed by atoms with Crippen LogP contribution >= 0.6 is 18.0 Å². The van der Waals surface area contributed by atoms with Gasteiger partial charge in [-0.3, -0.25) is 4.57 Å². The minimum atomic E-state index is -2.99. The van der Waals surface area contributed by atoms with Crippen molar-refractivity contribution in [3.8, 4) is 12.3 Å². The molecule has 16 heavy (non-hydrogen) atoms. The quantitative estimate of drug-likeness (QED) is 0.456. The largest absolute Gasteiger partial charge is 0.305 e. The predicted molar refractivity (Wildman–Crippen MR) is 69.8 cm³/mol. The fourth-order valence-corrected chi connectivity index (χ4v) is 4.04. The highest BCUT2D eigenvalue weighted by atomic mass is 32.7. The molecule has 4 heteroatoms. The summed E-state index contributed by atoms with van der Waals surface area (Å²) in [5.41, 5.74) is 2.55. The predicted octanol–water partition coefficient (Wildman–Crippen LogP) is 3.19. The fourth-order valence-electron chi connectivity index (χ4n) is 1.01. The van der Waals surface area contributed by atoms with E-state index in [9.17, 15) is 4.57 Å². The van der Waals surface area contributed by atoms with Crippen LogP contribution in [0.25, 0.3) is 0 Å². The molecule has 82 valence electrons. The van der Waals surface area contributed by atoms with Crippen LogP contribution in [0.3, 0.4) is 0 Å². The Kier molecular flexibility index (Phi) is 5.19. The van der Waals surface area contributed by atoms with Crippen LogP contribution in [-0.4, -0.2) is 6.61 Å². The second-order valence-electron chi connectivity index (χ2n) is 2.74. The zero-order valence-electron chi connectivity index (χ0n) is 8.63. The SMILES string of the molecule is C#CCOP(=O)(SC=C=C)c1ccccc1. The summed E-state index contributed by atoms with van der Waals surface area (Å²) in [7, 11) is 0. The maximum absolute atomic E-state index is 12.5. The van der Waals surface area contributed by atoms with E-state index in [0.717, 1.165) is 11.4 Å². The molecule has 0 amide bonds. The first-order chi connectivity index (χ1) is 7.73. The summed E-state index contributed by atoms with van der Waals surface area (Å²) in [6.07, 6.45) is 5.10. The maximum atomic E-state index is 12.5. The molecule has 1 unspecified atom stereocenters. The molecule has 1 atom stereocenters. The van der Waals surface area contributed by atoms with Crippen LogP contribution in [0.1, 0.15) is 0 Å². The van der Waals surface area contributed by atoms with E-state index in [1.807, 2.05) is 6.07 Å². The van der Waals surface area contributed by atoms with Gasteiger partial charge in [-0.1, -0.05) is 30.7 Å². The van der Waals surface area contributed by atoms with Crippen LogP contribution in [0.2, 0.25) is 0 Å². The Balaban J connectivity index is 3.00. The van der Waals surface area contributed by atoms with Gasteiger partial charge in [-0.05, 0) is 23.5 Å². The van der Waals surface area contributed by atoms with Crippen molar-refractivity contribution >= 4 is 23.3 Å². The maximum Gasteiger partial charge on any atom is 0.292 e. The molecular formula is C12H11O2PS. The first-order valence-corrected chi connectivity index (χ1v) is 7.60. The van der Waals surface area contributed by atoms with E-state index in [1.165, 1.54) is 5.41 Å². The molecule has 0 aliphatic rings. The first kappa shape index (κ1) is 12.9. The van der Waals surface area contributed by atoms with Gasteiger partial charge in [-0.15, -0.1) is 12.2 Å². The molecular weight excluding hydrogens is 239 g/mol. The normalized spacial score (nSPS) is 13.2. The fraction of sp³-hybridized carbons (Fsp3) is 0.0833. The smallest absolute Gasteiger partial charge is 0.292 e. The lowest BCUT2D eigenvalue weighted by atomic mass is 10.4. The van der Waals surface area contributed by atoms with Gasteiger partial charge in [0.15, 0.2) is 0 Å². The molecule has 0 spiro atoms. The van der Waals surface area contributed by atoms with Crippen molar-refractivity contribution in [3.63, 3.8) is 0 Å². The van der Waals surface area contributed by atoms with E-state index in [1.54, 1.807) is 24.3 Å². The van der Waals surface area contributed by atoms with Crippen LogP contribution in [0.4, 0.5) is 0 Å². The van der Waals surface area contributed by atoms with Gasteiger partial charge in [0.05, 0.1) is 0 Å². The number of terminal acetylenes is 1. The summed E-state index contributed by atoms with van der Waals surface area (Å²) < 4.78 is 17.7. The van der Waals surface area contributed by atoms with E-state index in [0.29, 0.717) is 5.30 Å². The van der Waals surface area contributed by atoms with Crippen LogP contribution in [-0.2, 0) is 9.09 Å². The van der Waals surface area contributed by atoms with Gasteiger partial charge in [0, 0.05) is 10.7 Å². The van der Waals surface area contributed by atoms with Crippen LogP contribution < -0.4 is 5.30 Å². The van der Waals surface area contributed by atoms with Crippen molar-refractivity contribution in [3.05, 3.63) is 48.1 Å². The molecule has 1 aromatic rings. The highest BCUT2D eigenvalue weighted by molar-refractivity contribution is 8.60. The highest BCUT2D eigenvalue weighted by Crippen LogP contribution is 2.58. The van der Waals surface area contributed by atoms with Gasteiger partial charge in [-0.25, -0.2) is 0 Å². The Bertz CT molecular complexity index is 470. The average Bonchev–Trinajstić information content (AvgIpc) is 2.35. The van der Waals surface area contributed by atoms with E-state index in [4.69, 9.17) is 10.9 Å². The monoisotopic (exact) mass is 250 g/mol. The van der Waals surface area contributed by atoms with E-state index in [2.05, 4.69) is 18.2 Å². The molecule has 1 rings (SSSR count). The number of hydrogen-bond donors (Lipinski definition) is 0. The summed E-state index contributed by atoms with van der Waals surface area (Å²) in [4.78, 5) is 0. The topological polar surface area (TPSA) is 26.3 Å². The minimum absolute atomic E-state index is 0.0180. The zero-order valence-corrected chi connectivity index (χ0v) is 10.3. The molecule has 0 bridgehead atoms. The zero-order chi connectivity index (χ0) is 11.9. The van der Waals surface area contributed by atoms with Crippen molar-refractivity contribution < 1.29 is 9.09 Å². The standard InChI is InChI=1S/C12H11O2PS/c1-3-10-14-15(13,16-11-4-2)12-8-6-5-7-9-12/h1,5-9,11H,2,10H2. The van der Waals surface area contributed by atoms with Crippen LogP contribution in [0.5, 0.6) is 0 Å². The van der Waals surface area contributed by atoms with Crippen LogP contribution in [0, 0.1) is 12.3 Å². The third kappa shape index (κ3) is 3.45. The Morgan fingerprint density at radius 1 is 1.50 bits per heavy atom. The second-order valence-corrected chi connectivity index (χ2v) is 7.03. The molecule has 0 saturated carbocycles. The van der Waals surface area contributed by atoms with Crippen molar-refractivity contribution in [1.82, 2.24) is 0 Å². The van der Waals surface area contributed by atoms with Crippen molar-refractivity contribution in [2.45, 2.75) is 0 Å². The van der Waals surface area contributed by atoms with Crippen molar-refractivity contribution in [1.29, 1.82) is 0 Å². The Hall–Kier alpha value is -1.16. The van der Waals surface area contributed by atoms with Gasteiger partial charge in [-0.2, -0.15) is 0 Å². The first-order valence-electron chi connectivity index (χ1n) is 4.49. The lowest BCUT2D eigenvalue weighted by molar-refractivity contribution is 0.380. The Labute approximate surface area is 99.6 Å². The third-order valence-electron chi connectivity index (χ3n) is 1.67. The summed E-state index contributed by atoms with van der Waals surface area (Å²) >= 11 is 1.06. The summed E-state index contributed by atoms with van der Waals surface area (Å²) in [5.74, 6) is 2.31. The molecule has 0 N–H and O–H groups in total. The lowest BCUT2D eigenvalue weighted by Gasteiger charge is -2.14. The van der Waals surface area contributed by atoms with Crippen molar-refractivity contribution in [2.24, 2.45) is 0 Å². The molecule has 2 nitrogen and oxygen atoms in total. The molecule has 0 aromatic heterocycles. The van der Waals surface area contributed by atoms with Crippen molar-refractivity contribution in [2.75, 3.05) is 6.61 Å². The van der Waals surface area contributed by atoms with E-state index >= 15 is 0 Å². The van der Waals surface area contributed by atoms with Gasteiger partial charge >= 0.3 is 0 Å². The lowest BCUT2D eigenvalue weighted by Crippen LogP contribution is -2.04. The van der Waals surface area contributed by atoms with Gasteiger partial charge in [0.2, 0.25) is 0 Å². The molecule has 0 radical (unpaired) electrons. The van der Waals surface area contributed by atoms with Gasteiger partial charge < -0.3 is 4.52 Å². The average molecular weight is 250 g/mol. The number of benzene rings is 1. The molecule has 0 heterocycles. The minimum Gasteiger partial charge on any atom is -0.305 e. The molecule has 0 fully saturated rings. The van der Waals surface area contributed by atoms with Crippen LogP contribution in [0.15, 0.2) is 48.1 Å². The summed E-state index contributed by atoms with van der Waals surface area (Å²) in [5, 5.41) is 2.14. The van der Waals surface area contributed by atoms with Gasteiger partial charge in [0.25, 0.3) is 6.57 Å². The molecule has 1 aromatic carbocycles. The Morgan fingerprint density at radius 2 is 2.19 bits per heavy atom. The van der Waals surface area contributed by atoms with E-state index < -0.39 is 6.57 Å². The molecule has 0 aliphatic carbocycles. The van der Waals surface area contributed by atoms with Gasteiger partial charge in [0.1, 0.15) is 6.61 Å². The summed E-state index contributed by atoms with van der Waals surface area (Å²) in [6, 6.07) is 8.96. The molecule has 0 aliphatic heterocycles. The second kappa shape index (κ2) is 6.43.